The number of fused-ring (bicyclic) bond motifs is 3. The average molecular weight is 332 g/mol. The van der Waals surface area contributed by atoms with Crippen molar-refractivity contribution in [2.24, 2.45) is 11.8 Å². The summed E-state index contributed by atoms with van der Waals surface area (Å²) in [6.07, 6.45) is 7.41. The number of rotatable bonds is 5. The van der Waals surface area contributed by atoms with Gasteiger partial charge in [-0.1, -0.05) is 19.8 Å². The molecule has 1 aromatic carbocycles. The average Bonchev–Trinajstić information content (AvgIpc) is 2.50. The lowest BCUT2D eigenvalue weighted by Crippen LogP contribution is -2.46. The molecule has 0 bridgehead atoms. The second-order valence-electron chi connectivity index (χ2n) is 8.40. The molecule has 1 saturated carbocycles. The normalized spacial score (nSPS) is 27.9. The number of unbranched alkanes of at least 4 members (excludes halogenated alkanes) is 2. The van der Waals surface area contributed by atoms with Gasteiger partial charge in [-0.05, 0) is 75.5 Å². The van der Waals surface area contributed by atoms with E-state index in [1.807, 2.05) is 6.07 Å². The molecule has 0 spiro atoms. The standard InChI is InChI=1S/C21H32O3/c1-14-8-9-17-16(11-14)20-18(23)12-15(7-5-4-6-10-22)13-19(20)24-21(17,2)3/h12-14,16-17,22-23H,4-11H2,1-3H3. The van der Waals surface area contributed by atoms with Crippen molar-refractivity contribution in [3.05, 3.63) is 23.3 Å². The Morgan fingerprint density at radius 3 is 2.71 bits per heavy atom. The SMILES string of the molecule is CC1CCC2C(C1)c1c(O)cc(CCCCCO)cc1OC2(C)C. The Kier molecular flexibility index (Phi) is 5.10. The summed E-state index contributed by atoms with van der Waals surface area (Å²) < 4.78 is 6.37. The summed E-state index contributed by atoms with van der Waals surface area (Å²) >= 11 is 0. The van der Waals surface area contributed by atoms with Crippen LogP contribution in [0.25, 0.3) is 0 Å². The predicted molar refractivity (Wildman–Crippen MR) is 96.7 cm³/mol. The Labute approximate surface area is 146 Å². The van der Waals surface area contributed by atoms with Crippen molar-refractivity contribution >= 4 is 0 Å². The van der Waals surface area contributed by atoms with Gasteiger partial charge in [-0.2, -0.15) is 0 Å². The molecule has 3 atom stereocenters. The molecule has 3 rings (SSSR count). The van der Waals surface area contributed by atoms with Gasteiger partial charge in [0.25, 0.3) is 0 Å². The fraction of sp³-hybridized carbons (Fsp3) is 0.714. The summed E-state index contributed by atoms with van der Waals surface area (Å²) in [6, 6.07) is 4.08. The van der Waals surface area contributed by atoms with E-state index < -0.39 is 0 Å². The molecule has 1 aliphatic carbocycles. The highest BCUT2D eigenvalue weighted by Crippen LogP contribution is 2.55. The highest BCUT2D eigenvalue weighted by atomic mass is 16.5. The van der Waals surface area contributed by atoms with Gasteiger partial charge < -0.3 is 14.9 Å². The molecule has 0 aromatic heterocycles. The van der Waals surface area contributed by atoms with Crippen LogP contribution in [0.4, 0.5) is 0 Å². The second-order valence-corrected chi connectivity index (χ2v) is 8.40. The maximum absolute atomic E-state index is 10.7. The second kappa shape index (κ2) is 6.95. The van der Waals surface area contributed by atoms with Crippen molar-refractivity contribution in [1.29, 1.82) is 0 Å². The van der Waals surface area contributed by atoms with E-state index in [0.717, 1.165) is 49.0 Å². The largest absolute Gasteiger partial charge is 0.508 e. The topological polar surface area (TPSA) is 49.7 Å². The Morgan fingerprint density at radius 1 is 1.17 bits per heavy atom. The van der Waals surface area contributed by atoms with Crippen LogP contribution in [0.1, 0.15) is 76.3 Å². The molecule has 1 fully saturated rings. The first-order valence-corrected chi connectivity index (χ1v) is 9.58. The fourth-order valence-corrected chi connectivity index (χ4v) is 4.78. The zero-order valence-electron chi connectivity index (χ0n) is 15.3. The minimum atomic E-state index is -0.167. The number of aryl methyl sites for hydroxylation is 1. The molecule has 2 aliphatic rings. The highest BCUT2D eigenvalue weighted by Gasteiger charge is 2.47. The Morgan fingerprint density at radius 2 is 1.96 bits per heavy atom. The van der Waals surface area contributed by atoms with Crippen molar-refractivity contribution < 1.29 is 14.9 Å². The molecule has 24 heavy (non-hydrogen) atoms. The minimum Gasteiger partial charge on any atom is -0.508 e. The van der Waals surface area contributed by atoms with Gasteiger partial charge in [-0.25, -0.2) is 0 Å². The number of aromatic hydroxyl groups is 1. The minimum absolute atomic E-state index is 0.167. The first kappa shape index (κ1) is 17.6. The van der Waals surface area contributed by atoms with E-state index in [9.17, 15) is 5.11 Å². The molecule has 0 amide bonds. The third kappa shape index (κ3) is 3.42. The van der Waals surface area contributed by atoms with Gasteiger partial charge in [0.05, 0.1) is 0 Å². The maximum Gasteiger partial charge on any atom is 0.127 e. The van der Waals surface area contributed by atoms with Crippen molar-refractivity contribution in [3.8, 4) is 11.5 Å². The molecule has 0 saturated heterocycles. The molecular weight excluding hydrogens is 300 g/mol. The van der Waals surface area contributed by atoms with Gasteiger partial charge in [0.2, 0.25) is 0 Å². The first-order chi connectivity index (χ1) is 11.4. The Hall–Kier alpha value is -1.22. The quantitative estimate of drug-likeness (QED) is 0.762. The van der Waals surface area contributed by atoms with Crippen LogP contribution in [0.5, 0.6) is 11.5 Å². The van der Waals surface area contributed by atoms with Gasteiger partial charge in [0.15, 0.2) is 0 Å². The number of aliphatic hydroxyl groups is 1. The Bertz CT molecular complexity index is 579. The van der Waals surface area contributed by atoms with Crippen LogP contribution in [0, 0.1) is 11.8 Å². The van der Waals surface area contributed by atoms with Crippen LogP contribution in [0.15, 0.2) is 12.1 Å². The first-order valence-electron chi connectivity index (χ1n) is 9.58. The predicted octanol–water partition coefficient (Wildman–Crippen LogP) is 4.79. The summed E-state index contributed by atoms with van der Waals surface area (Å²) in [5.74, 6) is 2.93. The molecule has 3 heteroatoms. The van der Waals surface area contributed by atoms with Gasteiger partial charge in [-0.15, -0.1) is 0 Å². The lowest BCUT2D eigenvalue weighted by molar-refractivity contribution is -0.0145. The van der Waals surface area contributed by atoms with E-state index in [2.05, 4.69) is 26.8 Å². The number of phenols is 1. The van der Waals surface area contributed by atoms with E-state index in [1.54, 1.807) is 0 Å². The molecule has 134 valence electrons. The van der Waals surface area contributed by atoms with Crippen LogP contribution in [0.2, 0.25) is 0 Å². The van der Waals surface area contributed by atoms with Crippen LogP contribution < -0.4 is 4.74 Å². The lowest BCUT2D eigenvalue weighted by atomic mass is 9.64. The maximum atomic E-state index is 10.7. The summed E-state index contributed by atoms with van der Waals surface area (Å²) in [6.45, 7) is 6.99. The highest BCUT2D eigenvalue weighted by molar-refractivity contribution is 5.52. The van der Waals surface area contributed by atoms with Crippen LogP contribution in [0.3, 0.4) is 0 Å². The summed E-state index contributed by atoms with van der Waals surface area (Å²) in [5, 5.41) is 19.6. The smallest absolute Gasteiger partial charge is 0.127 e. The van der Waals surface area contributed by atoms with Gasteiger partial charge in [-0.3, -0.25) is 0 Å². The van der Waals surface area contributed by atoms with Gasteiger partial charge >= 0.3 is 0 Å². The summed E-state index contributed by atoms with van der Waals surface area (Å²) in [4.78, 5) is 0. The Balaban J connectivity index is 1.87. The van der Waals surface area contributed by atoms with Gasteiger partial charge in [0, 0.05) is 18.1 Å². The zero-order valence-corrected chi connectivity index (χ0v) is 15.3. The van der Waals surface area contributed by atoms with E-state index in [4.69, 9.17) is 9.84 Å². The summed E-state index contributed by atoms with van der Waals surface area (Å²) in [7, 11) is 0. The van der Waals surface area contributed by atoms with Crippen molar-refractivity contribution in [2.75, 3.05) is 6.61 Å². The third-order valence-corrected chi connectivity index (χ3v) is 6.05. The van der Waals surface area contributed by atoms with Crippen molar-refractivity contribution in [1.82, 2.24) is 0 Å². The number of benzene rings is 1. The van der Waals surface area contributed by atoms with Crippen LogP contribution in [-0.2, 0) is 6.42 Å². The van der Waals surface area contributed by atoms with Crippen molar-refractivity contribution in [3.63, 3.8) is 0 Å². The van der Waals surface area contributed by atoms with E-state index in [0.29, 0.717) is 23.5 Å². The number of aliphatic hydroxyl groups excluding tert-OH is 1. The van der Waals surface area contributed by atoms with Crippen LogP contribution in [-0.4, -0.2) is 22.4 Å². The molecule has 1 aliphatic heterocycles. The number of hydrogen-bond donors (Lipinski definition) is 2. The molecule has 1 heterocycles. The van der Waals surface area contributed by atoms with Crippen LogP contribution >= 0.6 is 0 Å². The molecule has 0 radical (unpaired) electrons. The summed E-state index contributed by atoms with van der Waals surface area (Å²) in [5.41, 5.74) is 2.02. The van der Waals surface area contributed by atoms with Gasteiger partial charge in [0.1, 0.15) is 17.1 Å². The third-order valence-electron chi connectivity index (χ3n) is 6.05. The van der Waals surface area contributed by atoms with E-state index in [1.165, 1.54) is 12.8 Å². The van der Waals surface area contributed by atoms with Crippen molar-refractivity contribution in [2.45, 2.75) is 77.2 Å². The van der Waals surface area contributed by atoms with E-state index in [-0.39, 0.29) is 12.2 Å². The molecule has 2 N–H and O–H groups in total. The van der Waals surface area contributed by atoms with E-state index >= 15 is 0 Å². The monoisotopic (exact) mass is 332 g/mol. The molecular formula is C21H32O3. The lowest BCUT2D eigenvalue weighted by Gasteiger charge is -2.48. The number of ether oxygens (including phenoxy) is 1. The fourth-order valence-electron chi connectivity index (χ4n) is 4.78. The molecule has 3 nitrogen and oxygen atoms in total. The number of hydrogen-bond acceptors (Lipinski definition) is 3. The number of phenolic OH excluding ortho intramolecular Hbond substituents is 1. The zero-order chi connectivity index (χ0) is 17.3. The molecule has 3 unspecified atom stereocenters. The molecule has 1 aromatic rings.